The number of ether oxygens (including phenoxy) is 2. The number of carbonyl (C=O) groups is 1. The predicted octanol–water partition coefficient (Wildman–Crippen LogP) is 0.997. The minimum Gasteiger partial charge on any atom is -0.495 e. The number of hydrogen-bond donors (Lipinski definition) is 2. The number of anilines is 1. The molecule has 1 aromatic carbocycles. The topological polar surface area (TPSA) is 73.6 Å². The zero-order valence-corrected chi connectivity index (χ0v) is 10.6. The van der Waals surface area contributed by atoms with Gasteiger partial charge in [0.15, 0.2) is 0 Å². The summed E-state index contributed by atoms with van der Waals surface area (Å²) in [4.78, 5) is 12.3. The third-order valence-corrected chi connectivity index (χ3v) is 3.39. The molecular formula is C13H18N2O3. The molecule has 5 nitrogen and oxygen atoms in total. The molecule has 1 saturated heterocycles. The summed E-state index contributed by atoms with van der Waals surface area (Å²) < 4.78 is 10.5. The van der Waals surface area contributed by atoms with Crippen LogP contribution in [0.3, 0.4) is 0 Å². The second-order valence-corrected chi connectivity index (χ2v) is 4.69. The zero-order chi connectivity index (χ0) is 13.2. The SMILES string of the molecule is COc1ccccc1NC(=O)C1(C)COCC1N. The van der Waals surface area contributed by atoms with Gasteiger partial charge in [0.25, 0.3) is 0 Å². The van der Waals surface area contributed by atoms with E-state index in [1.54, 1.807) is 19.2 Å². The van der Waals surface area contributed by atoms with E-state index in [0.717, 1.165) is 0 Å². The lowest BCUT2D eigenvalue weighted by Crippen LogP contribution is -2.47. The van der Waals surface area contributed by atoms with Gasteiger partial charge < -0.3 is 20.5 Å². The van der Waals surface area contributed by atoms with Crippen molar-refractivity contribution < 1.29 is 14.3 Å². The molecule has 0 bridgehead atoms. The van der Waals surface area contributed by atoms with E-state index in [2.05, 4.69) is 5.32 Å². The number of benzene rings is 1. The molecule has 0 spiro atoms. The molecular weight excluding hydrogens is 232 g/mol. The smallest absolute Gasteiger partial charge is 0.234 e. The summed E-state index contributed by atoms with van der Waals surface area (Å²) in [5.41, 5.74) is 5.87. The maximum absolute atomic E-state index is 12.3. The molecule has 2 rings (SSSR count). The normalized spacial score (nSPS) is 26.9. The van der Waals surface area contributed by atoms with Gasteiger partial charge in [-0.05, 0) is 19.1 Å². The minimum absolute atomic E-state index is 0.142. The van der Waals surface area contributed by atoms with Gasteiger partial charge in [0.2, 0.25) is 5.91 Å². The predicted molar refractivity (Wildman–Crippen MR) is 68.5 cm³/mol. The number of methoxy groups -OCH3 is 1. The first-order valence-electron chi connectivity index (χ1n) is 5.86. The van der Waals surface area contributed by atoms with Crippen LogP contribution in [0.15, 0.2) is 24.3 Å². The number of rotatable bonds is 3. The highest BCUT2D eigenvalue weighted by molar-refractivity contribution is 5.97. The standard InChI is InChI=1S/C13H18N2O3/c1-13(8-18-7-11(13)14)12(16)15-9-5-3-4-6-10(9)17-2/h3-6,11H,7-8,14H2,1-2H3,(H,15,16). The second kappa shape index (κ2) is 4.96. The van der Waals surface area contributed by atoms with Crippen LogP contribution in [0, 0.1) is 5.41 Å². The average Bonchev–Trinajstić information content (AvgIpc) is 2.71. The number of para-hydroxylation sites is 2. The Labute approximate surface area is 106 Å². The Hall–Kier alpha value is -1.59. The first-order chi connectivity index (χ1) is 8.58. The van der Waals surface area contributed by atoms with Gasteiger partial charge >= 0.3 is 0 Å². The van der Waals surface area contributed by atoms with Crippen LogP contribution in [0.5, 0.6) is 5.75 Å². The molecule has 1 heterocycles. The Bertz CT molecular complexity index is 450. The molecule has 3 N–H and O–H groups in total. The van der Waals surface area contributed by atoms with Crippen molar-refractivity contribution in [3.8, 4) is 5.75 Å². The summed E-state index contributed by atoms with van der Waals surface area (Å²) >= 11 is 0. The summed E-state index contributed by atoms with van der Waals surface area (Å²) in [6, 6.07) is 6.99. The fraction of sp³-hybridized carbons (Fsp3) is 0.462. The van der Waals surface area contributed by atoms with Gasteiger partial charge in [0.05, 0.1) is 31.4 Å². The maximum atomic E-state index is 12.3. The Balaban J connectivity index is 2.16. The first-order valence-corrected chi connectivity index (χ1v) is 5.86. The van der Waals surface area contributed by atoms with Crippen LogP contribution in [-0.4, -0.2) is 32.3 Å². The molecule has 1 aliphatic rings. The molecule has 1 amide bonds. The van der Waals surface area contributed by atoms with Crippen molar-refractivity contribution in [1.29, 1.82) is 0 Å². The summed E-state index contributed by atoms with van der Waals surface area (Å²) in [5.74, 6) is 0.485. The number of carbonyl (C=O) groups excluding carboxylic acids is 1. The largest absolute Gasteiger partial charge is 0.495 e. The molecule has 0 aliphatic carbocycles. The number of nitrogens with one attached hydrogen (secondary N) is 1. The van der Waals surface area contributed by atoms with Crippen molar-refractivity contribution in [3.63, 3.8) is 0 Å². The molecule has 1 aromatic rings. The minimum atomic E-state index is -0.694. The van der Waals surface area contributed by atoms with E-state index >= 15 is 0 Å². The Kier molecular flexibility index (Phi) is 3.54. The molecule has 0 aromatic heterocycles. The van der Waals surface area contributed by atoms with Gasteiger partial charge in [-0.3, -0.25) is 4.79 Å². The van der Waals surface area contributed by atoms with Gasteiger partial charge in [0.1, 0.15) is 5.75 Å². The van der Waals surface area contributed by atoms with Gasteiger partial charge in [-0.15, -0.1) is 0 Å². The van der Waals surface area contributed by atoms with Crippen LogP contribution in [0.2, 0.25) is 0 Å². The number of amides is 1. The Morgan fingerprint density at radius 2 is 2.28 bits per heavy atom. The average molecular weight is 250 g/mol. The summed E-state index contributed by atoms with van der Waals surface area (Å²) in [5, 5.41) is 2.85. The van der Waals surface area contributed by atoms with Gasteiger partial charge in [-0.25, -0.2) is 0 Å². The fourth-order valence-corrected chi connectivity index (χ4v) is 1.94. The van der Waals surface area contributed by atoms with Crippen molar-refractivity contribution in [2.24, 2.45) is 11.1 Å². The van der Waals surface area contributed by atoms with Crippen LogP contribution in [0.25, 0.3) is 0 Å². The lowest BCUT2D eigenvalue weighted by Gasteiger charge is -2.25. The van der Waals surface area contributed by atoms with Crippen LogP contribution < -0.4 is 15.8 Å². The van der Waals surface area contributed by atoms with Gasteiger partial charge in [0, 0.05) is 6.04 Å². The second-order valence-electron chi connectivity index (χ2n) is 4.69. The third-order valence-electron chi connectivity index (χ3n) is 3.39. The highest BCUT2D eigenvalue weighted by Crippen LogP contribution is 2.31. The van der Waals surface area contributed by atoms with Crippen molar-refractivity contribution in [2.75, 3.05) is 25.6 Å². The van der Waals surface area contributed by atoms with Gasteiger partial charge in [-0.1, -0.05) is 12.1 Å². The lowest BCUT2D eigenvalue weighted by molar-refractivity contribution is -0.125. The summed E-state index contributed by atoms with van der Waals surface area (Å²) in [7, 11) is 1.57. The third kappa shape index (κ3) is 2.19. The van der Waals surface area contributed by atoms with Gasteiger partial charge in [-0.2, -0.15) is 0 Å². The van der Waals surface area contributed by atoms with E-state index in [9.17, 15) is 4.79 Å². The van der Waals surface area contributed by atoms with Crippen LogP contribution >= 0.6 is 0 Å². The highest BCUT2D eigenvalue weighted by Gasteiger charge is 2.44. The van der Waals surface area contributed by atoms with E-state index in [1.807, 2.05) is 19.1 Å². The van der Waals surface area contributed by atoms with Crippen LogP contribution in [-0.2, 0) is 9.53 Å². The Morgan fingerprint density at radius 3 is 2.89 bits per heavy atom. The fourth-order valence-electron chi connectivity index (χ4n) is 1.94. The van der Waals surface area contributed by atoms with E-state index in [0.29, 0.717) is 24.7 Å². The molecule has 5 heteroatoms. The van der Waals surface area contributed by atoms with Crippen molar-refractivity contribution in [2.45, 2.75) is 13.0 Å². The first kappa shape index (κ1) is 12.9. The van der Waals surface area contributed by atoms with E-state index < -0.39 is 5.41 Å². The zero-order valence-electron chi connectivity index (χ0n) is 10.6. The lowest BCUT2D eigenvalue weighted by atomic mass is 9.85. The monoisotopic (exact) mass is 250 g/mol. The maximum Gasteiger partial charge on any atom is 0.234 e. The molecule has 0 radical (unpaired) electrons. The van der Waals surface area contributed by atoms with E-state index in [-0.39, 0.29) is 11.9 Å². The summed E-state index contributed by atoms with van der Waals surface area (Å²) in [6.07, 6.45) is 0. The molecule has 2 atom stereocenters. The highest BCUT2D eigenvalue weighted by atomic mass is 16.5. The number of hydrogen-bond acceptors (Lipinski definition) is 4. The van der Waals surface area contributed by atoms with Crippen LogP contribution in [0.4, 0.5) is 5.69 Å². The Morgan fingerprint density at radius 1 is 1.56 bits per heavy atom. The van der Waals surface area contributed by atoms with E-state index in [1.165, 1.54) is 0 Å². The number of nitrogens with two attached hydrogens (primary N) is 1. The molecule has 2 unspecified atom stereocenters. The molecule has 98 valence electrons. The molecule has 1 fully saturated rings. The van der Waals surface area contributed by atoms with E-state index in [4.69, 9.17) is 15.2 Å². The summed E-state index contributed by atoms with van der Waals surface area (Å²) in [6.45, 7) is 2.57. The van der Waals surface area contributed by atoms with Crippen LogP contribution in [0.1, 0.15) is 6.92 Å². The molecule has 0 saturated carbocycles. The molecule has 18 heavy (non-hydrogen) atoms. The van der Waals surface area contributed by atoms with Crippen molar-refractivity contribution in [1.82, 2.24) is 0 Å². The molecule has 1 aliphatic heterocycles. The quantitative estimate of drug-likeness (QED) is 0.839. The van der Waals surface area contributed by atoms with Crippen molar-refractivity contribution in [3.05, 3.63) is 24.3 Å². The van der Waals surface area contributed by atoms with Crippen molar-refractivity contribution >= 4 is 11.6 Å².